The van der Waals surface area contributed by atoms with E-state index in [9.17, 15) is 4.79 Å². The minimum absolute atomic E-state index is 0.581. The van der Waals surface area contributed by atoms with Crippen LogP contribution < -0.4 is 0 Å². The summed E-state index contributed by atoms with van der Waals surface area (Å²) in [6.45, 7) is 0. The molecular formula is C16H11N3O. The molecule has 0 aliphatic carbocycles. The number of aldehydes is 1. The lowest BCUT2D eigenvalue weighted by atomic mass is 10.1. The van der Waals surface area contributed by atoms with Crippen LogP contribution in [0.15, 0.2) is 61.2 Å². The second kappa shape index (κ2) is 5.40. The highest BCUT2D eigenvalue weighted by Gasteiger charge is 2.06. The van der Waals surface area contributed by atoms with Crippen LogP contribution in [0.3, 0.4) is 0 Å². The number of nitrogens with zero attached hydrogens (tertiary/aromatic N) is 3. The third kappa shape index (κ3) is 2.44. The van der Waals surface area contributed by atoms with E-state index in [-0.39, 0.29) is 0 Å². The van der Waals surface area contributed by atoms with Gasteiger partial charge in [-0.3, -0.25) is 14.8 Å². The topological polar surface area (TPSA) is 55.7 Å². The van der Waals surface area contributed by atoms with E-state index in [1.807, 2.05) is 24.3 Å². The maximum absolute atomic E-state index is 11.1. The van der Waals surface area contributed by atoms with Crippen molar-refractivity contribution in [3.05, 3.63) is 66.7 Å². The third-order valence-corrected chi connectivity index (χ3v) is 2.90. The second-order valence-corrected chi connectivity index (χ2v) is 4.27. The summed E-state index contributed by atoms with van der Waals surface area (Å²) in [7, 11) is 0. The molecule has 0 aliphatic heterocycles. The minimum Gasteiger partial charge on any atom is -0.298 e. The van der Waals surface area contributed by atoms with Gasteiger partial charge in [0.1, 0.15) is 6.29 Å². The van der Waals surface area contributed by atoms with Crippen LogP contribution in [0, 0.1) is 0 Å². The highest BCUT2D eigenvalue weighted by Crippen LogP contribution is 2.23. The van der Waals surface area contributed by atoms with E-state index in [1.165, 1.54) is 0 Å². The zero-order valence-electron chi connectivity index (χ0n) is 10.6. The number of pyridine rings is 3. The van der Waals surface area contributed by atoms with Crippen molar-refractivity contribution in [3.8, 4) is 22.5 Å². The monoisotopic (exact) mass is 261 g/mol. The van der Waals surface area contributed by atoms with Crippen LogP contribution in [0.4, 0.5) is 0 Å². The molecule has 0 unspecified atom stereocenters. The van der Waals surface area contributed by atoms with Crippen LogP contribution >= 0.6 is 0 Å². The van der Waals surface area contributed by atoms with Crippen molar-refractivity contribution in [1.82, 2.24) is 15.0 Å². The molecule has 4 nitrogen and oxygen atoms in total. The predicted octanol–water partition coefficient (Wildman–Crippen LogP) is 3.02. The number of carbonyl (C=O) groups excluding carboxylic acids is 1. The van der Waals surface area contributed by atoms with E-state index in [0.29, 0.717) is 5.56 Å². The molecule has 3 rings (SSSR count). The summed E-state index contributed by atoms with van der Waals surface area (Å²) in [5.74, 6) is 0. The Labute approximate surface area is 116 Å². The van der Waals surface area contributed by atoms with Gasteiger partial charge in [0.15, 0.2) is 0 Å². The number of hydrogen-bond acceptors (Lipinski definition) is 4. The van der Waals surface area contributed by atoms with Gasteiger partial charge in [0.05, 0.1) is 11.4 Å². The fourth-order valence-electron chi connectivity index (χ4n) is 1.94. The molecule has 0 fully saturated rings. The van der Waals surface area contributed by atoms with Crippen LogP contribution in [-0.2, 0) is 0 Å². The molecule has 0 atom stereocenters. The SMILES string of the molecule is O=Cc1cc(-c2cccnc2)nc(-c2cccnc2)c1. The van der Waals surface area contributed by atoms with Gasteiger partial charge in [0.2, 0.25) is 0 Å². The number of aromatic nitrogens is 3. The lowest BCUT2D eigenvalue weighted by Gasteiger charge is -2.06. The fraction of sp³-hybridized carbons (Fsp3) is 0. The quantitative estimate of drug-likeness (QED) is 0.680. The first-order chi connectivity index (χ1) is 9.86. The number of hydrogen-bond donors (Lipinski definition) is 0. The van der Waals surface area contributed by atoms with E-state index in [4.69, 9.17) is 0 Å². The van der Waals surface area contributed by atoms with Crippen LogP contribution in [-0.4, -0.2) is 21.2 Å². The van der Waals surface area contributed by atoms with Crippen molar-refractivity contribution < 1.29 is 4.79 Å². The molecule has 0 radical (unpaired) electrons. The zero-order valence-corrected chi connectivity index (χ0v) is 10.6. The van der Waals surface area contributed by atoms with Gasteiger partial charge in [0.25, 0.3) is 0 Å². The largest absolute Gasteiger partial charge is 0.298 e. The molecule has 3 heterocycles. The molecule has 0 aliphatic rings. The fourth-order valence-corrected chi connectivity index (χ4v) is 1.94. The molecule has 0 saturated carbocycles. The Morgan fingerprint density at radius 1 is 0.850 bits per heavy atom. The lowest BCUT2D eigenvalue weighted by molar-refractivity contribution is 0.112. The second-order valence-electron chi connectivity index (χ2n) is 4.27. The number of carbonyl (C=O) groups is 1. The van der Waals surface area contributed by atoms with Crippen molar-refractivity contribution >= 4 is 6.29 Å². The van der Waals surface area contributed by atoms with Crippen LogP contribution in [0.5, 0.6) is 0 Å². The Hall–Kier alpha value is -2.88. The van der Waals surface area contributed by atoms with E-state index in [2.05, 4.69) is 15.0 Å². The average molecular weight is 261 g/mol. The summed E-state index contributed by atoms with van der Waals surface area (Å²) in [4.78, 5) is 23.9. The van der Waals surface area contributed by atoms with E-state index in [1.54, 1.807) is 36.9 Å². The summed E-state index contributed by atoms with van der Waals surface area (Å²) < 4.78 is 0. The van der Waals surface area contributed by atoms with Gasteiger partial charge in [0, 0.05) is 41.5 Å². The van der Waals surface area contributed by atoms with E-state index < -0.39 is 0 Å². The Balaban J connectivity index is 2.15. The summed E-state index contributed by atoms with van der Waals surface area (Å²) in [5, 5.41) is 0. The Morgan fingerprint density at radius 3 is 1.80 bits per heavy atom. The maximum Gasteiger partial charge on any atom is 0.150 e. The maximum atomic E-state index is 11.1. The van der Waals surface area contributed by atoms with Gasteiger partial charge in [-0.25, -0.2) is 4.98 Å². The summed E-state index contributed by atoms with van der Waals surface area (Å²) in [6.07, 6.45) is 7.68. The normalized spacial score (nSPS) is 10.2. The molecule has 3 aromatic heterocycles. The standard InChI is InChI=1S/C16H11N3O/c20-11-12-7-15(13-3-1-5-17-9-13)19-16(8-12)14-4-2-6-18-10-14/h1-11H. The Bertz CT molecular complexity index is 669. The molecule has 0 bridgehead atoms. The molecule has 0 aromatic carbocycles. The number of rotatable bonds is 3. The van der Waals surface area contributed by atoms with Crippen molar-refractivity contribution in [2.45, 2.75) is 0 Å². The molecule has 3 aromatic rings. The van der Waals surface area contributed by atoms with Crippen molar-refractivity contribution in [2.24, 2.45) is 0 Å². The minimum atomic E-state index is 0.581. The molecule has 0 saturated heterocycles. The first kappa shape index (κ1) is 12.2. The smallest absolute Gasteiger partial charge is 0.150 e. The lowest BCUT2D eigenvalue weighted by Crippen LogP contribution is -1.93. The third-order valence-electron chi connectivity index (χ3n) is 2.90. The summed E-state index contributed by atoms with van der Waals surface area (Å²) in [5.41, 5.74) is 3.78. The van der Waals surface area contributed by atoms with E-state index in [0.717, 1.165) is 28.8 Å². The van der Waals surface area contributed by atoms with Gasteiger partial charge in [-0.1, -0.05) is 0 Å². The molecule has 96 valence electrons. The highest BCUT2D eigenvalue weighted by molar-refractivity contribution is 5.80. The van der Waals surface area contributed by atoms with E-state index >= 15 is 0 Å². The van der Waals surface area contributed by atoms with Crippen LogP contribution in [0.1, 0.15) is 10.4 Å². The zero-order chi connectivity index (χ0) is 13.8. The van der Waals surface area contributed by atoms with Crippen molar-refractivity contribution in [3.63, 3.8) is 0 Å². The van der Waals surface area contributed by atoms with Gasteiger partial charge in [-0.15, -0.1) is 0 Å². The van der Waals surface area contributed by atoms with Gasteiger partial charge >= 0.3 is 0 Å². The molecular weight excluding hydrogens is 250 g/mol. The highest BCUT2D eigenvalue weighted by atomic mass is 16.1. The average Bonchev–Trinajstić information content (AvgIpc) is 2.56. The van der Waals surface area contributed by atoms with Crippen molar-refractivity contribution in [1.29, 1.82) is 0 Å². The molecule has 0 N–H and O–H groups in total. The molecule has 0 amide bonds. The van der Waals surface area contributed by atoms with Crippen LogP contribution in [0.2, 0.25) is 0 Å². The first-order valence-electron chi connectivity index (χ1n) is 6.15. The summed E-state index contributed by atoms with van der Waals surface area (Å²) >= 11 is 0. The van der Waals surface area contributed by atoms with Crippen LogP contribution in [0.25, 0.3) is 22.5 Å². The van der Waals surface area contributed by atoms with Gasteiger partial charge in [-0.05, 0) is 36.4 Å². The van der Waals surface area contributed by atoms with Gasteiger partial charge in [-0.2, -0.15) is 0 Å². The van der Waals surface area contributed by atoms with Crippen molar-refractivity contribution in [2.75, 3.05) is 0 Å². The first-order valence-corrected chi connectivity index (χ1v) is 6.15. The molecule has 4 heteroatoms. The summed E-state index contributed by atoms with van der Waals surface area (Å²) in [6, 6.07) is 11.0. The molecule has 20 heavy (non-hydrogen) atoms. The predicted molar refractivity (Wildman–Crippen MR) is 76.1 cm³/mol. The molecule has 0 spiro atoms. The Kier molecular flexibility index (Phi) is 3.29. The van der Waals surface area contributed by atoms with Gasteiger partial charge < -0.3 is 0 Å². The Morgan fingerprint density at radius 2 is 1.40 bits per heavy atom.